The van der Waals surface area contributed by atoms with Crippen LogP contribution in [-0.4, -0.2) is 53.7 Å². The van der Waals surface area contributed by atoms with Crippen molar-refractivity contribution in [3.8, 4) is 0 Å². The molecule has 0 bridgehead atoms. The zero-order valence-corrected chi connectivity index (χ0v) is 17.0. The normalized spacial score (nSPS) is 16.8. The number of nitrogens with one attached hydrogen (secondary N) is 2. The number of aromatic nitrogens is 1. The summed E-state index contributed by atoms with van der Waals surface area (Å²) in [5.74, 6) is 0.100. The first kappa shape index (κ1) is 22.1. The number of carboxylic acid groups (broad SMARTS) is 1. The summed E-state index contributed by atoms with van der Waals surface area (Å²) in [6.07, 6.45) is 11.3. The second-order valence-electron chi connectivity index (χ2n) is 7.61. The highest BCUT2D eigenvalue weighted by molar-refractivity contribution is 5.75. The topological polar surface area (TPSA) is 94.6 Å². The minimum absolute atomic E-state index is 0.100. The third kappa shape index (κ3) is 8.25. The molecule has 0 unspecified atom stereocenters. The van der Waals surface area contributed by atoms with Gasteiger partial charge in [-0.25, -0.2) is 4.79 Å². The van der Waals surface area contributed by atoms with Gasteiger partial charge in [-0.1, -0.05) is 18.9 Å². The van der Waals surface area contributed by atoms with Crippen molar-refractivity contribution in [1.29, 1.82) is 0 Å². The zero-order chi connectivity index (χ0) is 20.2. The highest BCUT2D eigenvalue weighted by Crippen LogP contribution is 2.30. The fourth-order valence-corrected chi connectivity index (χ4v) is 3.73. The lowest BCUT2D eigenvalue weighted by atomic mass is 10.0. The monoisotopic (exact) mass is 390 g/mol. The second kappa shape index (κ2) is 12.3. The van der Waals surface area contributed by atoms with Crippen LogP contribution in [0.25, 0.3) is 0 Å². The van der Waals surface area contributed by atoms with Gasteiger partial charge in [-0.2, -0.15) is 0 Å². The van der Waals surface area contributed by atoms with Gasteiger partial charge in [-0.05, 0) is 63.2 Å². The number of carbonyl (C=O) groups excluding carboxylic acids is 1. The molecule has 7 nitrogen and oxygen atoms in total. The lowest BCUT2D eigenvalue weighted by molar-refractivity contribution is -0.121. The Hall–Kier alpha value is -2.15. The SMILES string of the molecule is CN1CCC[C@H]1c1cncc(CCCNC(=O)CCCCCCNC(=O)O)c1. The molecular weight excluding hydrogens is 356 g/mol. The minimum atomic E-state index is -0.979. The molecule has 0 spiro atoms. The van der Waals surface area contributed by atoms with Crippen molar-refractivity contribution in [2.75, 3.05) is 26.7 Å². The first-order valence-electron chi connectivity index (χ1n) is 10.4. The number of rotatable bonds is 12. The van der Waals surface area contributed by atoms with E-state index in [1.807, 2.05) is 12.4 Å². The molecule has 28 heavy (non-hydrogen) atoms. The van der Waals surface area contributed by atoms with Crippen LogP contribution < -0.4 is 10.6 Å². The average Bonchev–Trinajstić information content (AvgIpc) is 3.10. The fourth-order valence-electron chi connectivity index (χ4n) is 3.73. The third-order valence-electron chi connectivity index (χ3n) is 5.29. The molecular formula is C21H34N4O3. The number of hydrogen-bond donors (Lipinski definition) is 3. The van der Waals surface area contributed by atoms with Gasteiger partial charge in [-0.3, -0.25) is 14.7 Å². The van der Waals surface area contributed by atoms with Crippen molar-refractivity contribution in [2.45, 2.75) is 63.8 Å². The van der Waals surface area contributed by atoms with Crippen molar-refractivity contribution < 1.29 is 14.7 Å². The van der Waals surface area contributed by atoms with Gasteiger partial charge >= 0.3 is 6.09 Å². The van der Waals surface area contributed by atoms with Crippen LogP contribution in [0.15, 0.2) is 18.5 Å². The molecule has 156 valence electrons. The molecule has 2 rings (SSSR count). The van der Waals surface area contributed by atoms with Gasteiger partial charge in [0.15, 0.2) is 0 Å². The van der Waals surface area contributed by atoms with Crippen LogP contribution in [0.5, 0.6) is 0 Å². The Bertz CT molecular complexity index is 623. The number of aryl methyl sites for hydroxylation is 1. The zero-order valence-electron chi connectivity index (χ0n) is 17.0. The van der Waals surface area contributed by atoms with E-state index < -0.39 is 6.09 Å². The standard InChI is InChI=1S/C21H34N4O3/c1-25-13-7-9-19(25)18-14-17(15-22-16-18)8-6-12-23-20(26)10-4-2-3-5-11-24-21(27)28/h14-16,19,24H,2-13H2,1H3,(H,23,26)(H,27,28)/t19-/m0/s1. The third-order valence-corrected chi connectivity index (χ3v) is 5.29. The predicted octanol–water partition coefficient (Wildman–Crippen LogP) is 3.12. The maximum Gasteiger partial charge on any atom is 0.404 e. The number of hydrogen-bond acceptors (Lipinski definition) is 4. The van der Waals surface area contributed by atoms with Crippen molar-refractivity contribution >= 4 is 12.0 Å². The number of pyridine rings is 1. The molecule has 7 heteroatoms. The van der Waals surface area contributed by atoms with Gasteiger partial charge in [0.1, 0.15) is 0 Å². The Morgan fingerprint density at radius 3 is 2.68 bits per heavy atom. The molecule has 2 heterocycles. The van der Waals surface area contributed by atoms with Crippen LogP contribution in [0, 0.1) is 0 Å². The van der Waals surface area contributed by atoms with Gasteiger partial charge < -0.3 is 15.7 Å². The highest BCUT2D eigenvalue weighted by Gasteiger charge is 2.22. The molecule has 0 radical (unpaired) electrons. The summed E-state index contributed by atoms with van der Waals surface area (Å²) < 4.78 is 0. The van der Waals surface area contributed by atoms with E-state index >= 15 is 0 Å². The molecule has 1 aliphatic rings. The van der Waals surface area contributed by atoms with Gasteiger partial charge in [0.05, 0.1) is 0 Å². The van der Waals surface area contributed by atoms with E-state index in [0.29, 0.717) is 25.6 Å². The van der Waals surface area contributed by atoms with Crippen LogP contribution in [-0.2, 0) is 11.2 Å². The van der Waals surface area contributed by atoms with E-state index in [-0.39, 0.29) is 5.91 Å². The van der Waals surface area contributed by atoms with E-state index in [2.05, 4.69) is 33.6 Å². The van der Waals surface area contributed by atoms with Crippen molar-refractivity contribution in [3.63, 3.8) is 0 Å². The van der Waals surface area contributed by atoms with E-state index in [4.69, 9.17) is 5.11 Å². The maximum atomic E-state index is 11.9. The minimum Gasteiger partial charge on any atom is -0.465 e. The van der Waals surface area contributed by atoms with Gasteiger partial charge in [0.25, 0.3) is 0 Å². The van der Waals surface area contributed by atoms with Crippen LogP contribution >= 0.6 is 0 Å². The van der Waals surface area contributed by atoms with E-state index in [0.717, 1.165) is 45.1 Å². The molecule has 0 aromatic carbocycles. The Balaban J connectivity index is 1.54. The van der Waals surface area contributed by atoms with Crippen molar-refractivity contribution in [2.24, 2.45) is 0 Å². The molecule has 1 aromatic rings. The van der Waals surface area contributed by atoms with Gasteiger partial charge in [0.2, 0.25) is 5.91 Å². The Labute approximate surface area is 167 Å². The Kier molecular flexibility index (Phi) is 9.76. The maximum absolute atomic E-state index is 11.9. The van der Waals surface area contributed by atoms with Crippen molar-refractivity contribution in [1.82, 2.24) is 20.5 Å². The summed E-state index contributed by atoms with van der Waals surface area (Å²) >= 11 is 0. The fraction of sp³-hybridized carbons (Fsp3) is 0.667. The molecule has 1 aliphatic heterocycles. The summed E-state index contributed by atoms with van der Waals surface area (Å²) in [7, 11) is 2.17. The molecule has 1 aromatic heterocycles. The largest absolute Gasteiger partial charge is 0.465 e. The number of amides is 2. The Morgan fingerprint density at radius 2 is 1.93 bits per heavy atom. The lowest BCUT2D eigenvalue weighted by Gasteiger charge is -2.19. The molecule has 2 amide bonds. The number of carbonyl (C=O) groups is 2. The molecule has 3 N–H and O–H groups in total. The number of nitrogens with zero attached hydrogens (tertiary/aromatic N) is 2. The summed E-state index contributed by atoms with van der Waals surface area (Å²) in [5, 5.41) is 13.8. The summed E-state index contributed by atoms with van der Waals surface area (Å²) in [6.45, 7) is 2.32. The van der Waals surface area contributed by atoms with Crippen LogP contribution in [0.4, 0.5) is 4.79 Å². The predicted molar refractivity (Wildman–Crippen MR) is 109 cm³/mol. The van der Waals surface area contributed by atoms with Crippen LogP contribution in [0.3, 0.4) is 0 Å². The summed E-state index contributed by atoms with van der Waals surface area (Å²) in [5.41, 5.74) is 2.54. The van der Waals surface area contributed by atoms with Crippen molar-refractivity contribution in [3.05, 3.63) is 29.6 Å². The van der Waals surface area contributed by atoms with E-state index in [9.17, 15) is 9.59 Å². The van der Waals surface area contributed by atoms with Gasteiger partial charge in [-0.15, -0.1) is 0 Å². The highest BCUT2D eigenvalue weighted by atomic mass is 16.4. The second-order valence-corrected chi connectivity index (χ2v) is 7.61. The molecule has 1 fully saturated rings. The molecule has 1 saturated heterocycles. The smallest absolute Gasteiger partial charge is 0.404 e. The van der Waals surface area contributed by atoms with Crippen LogP contribution in [0.2, 0.25) is 0 Å². The number of likely N-dealkylation sites (tertiary alicyclic amines) is 1. The number of unbranched alkanes of at least 4 members (excludes halogenated alkanes) is 3. The Morgan fingerprint density at radius 1 is 1.14 bits per heavy atom. The molecule has 0 saturated carbocycles. The lowest BCUT2D eigenvalue weighted by Crippen LogP contribution is -2.24. The summed E-state index contributed by atoms with van der Waals surface area (Å²) in [6, 6.07) is 2.76. The molecule has 1 atom stereocenters. The van der Waals surface area contributed by atoms with E-state index in [1.54, 1.807) is 0 Å². The average molecular weight is 391 g/mol. The quantitative estimate of drug-likeness (QED) is 0.477. The van der Waals surface area contributed by atoms with Crippen LogP contribution in [0.1, 0.15) is 68.5 Å². The first-order valence-corrected chi connectivity index (χ1v) is 10.4. The first-order chi connectivity index (χ1) is 13.6. The van der Waals surface area contributed by atoms with E-state index in [1.165, 1.54) is 24.0 Å². The molecule has 0 aliphatic carbocycles. The van der Waals surface area contributed by atoms with Gasteiger partial charge in [0, 0.05) is 37.9 Å². The summed E-state index contributed by atoms with van der Waals surface area (Å²) in [4.78, 5) is 29.0.